The predicted octanol–water partition coefficient (Wildman–Crippen LogP) is 4.28. The summed E-state index contributed by atoms with van der Waals surface area (Å²) in [5.74, 6) is -0.899. The van der Waals surface area contributed by atoms with E-state index in [-0.39, 0.29) is 30.9 Å². The van der Waals surface area contributed by atoms with Gasteiger partial charge in [-0.1, -0.05) is 11.6 Å². The normalized spacial score (nSPS) is 12.2. The van der Waals surface area contributed by atoms with Gasteiger partial charge in [-0.3, -0.25) is 0 Å². The highest BCUT2D eigenvalue weighted by atomic mass is 35.5. The Morgan fingerprint density at radius 2 is 1.89 bits per heavy atom. The van der Waals surface area contributed by atoms with Gasteiger partial charge in [0.2, 0.25) is 0 Å². The third kappa shape index (κ3) is 5.80. The Bertz CT molecular complexity index is 444. The second-order valence-corrected chi connectivity index (χ2v) is 4.04. The quantitative estimate of drug-likeness (QED) is 0.824. The molecule has 7 heteroatoms. The maximum atomic E-state index is 13.1. The second-order valence-electron chi connectivity index (χ2n) is 3.82. The molecule has 0 spiro atoms. The van der Waals surface area contributed by atoms with E-state index in [1.165, 1.54) is 5.54 Å². The fourth-order valence-electron chi connectivity index (χ4n) is 1.46. The average Bonchev–Trinajstić information content (AvgIpc) is 2.28. The van der Waals surface area contributed by atoms with E-state index in [0.717, 1.165) is 12.1 Å². The molecule has 1 aromatic carbocycles. The molecular weight excluding hydrogens is 305 g/mol. The molecule has 0 aliphatic rings. The SMILES string of the molecule is Cl.NCC(=CCl)CCc1cc(F)cc(C(F)(F)F)c1. The maximum absolute atomic E-state index is 13.1. The van der Waals surface area contributed by atoms with Crippen molar-refractivity contribution in [3.63, 3.8) is 0 Å². The van der Waals surface area contributed by atoms with Crippen LogP contribution in [0.5, 0.6) is 0 Å². The molecule has 0 aliphatic carbocycles. The number of halogens is 6. The number of alkyl halides is 3. The molecule has 0 heterocycles. The van der Waals surface area contributed by atoms with Crippen LogP contribution >= 0.6 is 24.0 Å². The Labute approximate surface area is 119 Å². The smallest absolute Gasteiger partial charge is 0.327 e. The van der Waals surface area contributed by atoms with Gasteiger partial charge in [-0.15, -0.1) is 12.4 Å². The summed E-state index contributed by atoms with van der Waals surface area (Å²) in [7, 11) is 0. The van der Waals surface area contributed by atoms with Crippen LogP contribution in [0.4, 0.5) is 17.6 Å². The first-order valence-electron chi connectivity index (χ1n) is 5.21. The molecule has 0 saturated heterocycles. The summed E-state index contributed by atoms with van der Waals surface area (Å²) in [4.78, 5) is 0. The van der Waals surface area contributed by atoms with Crippen molar-refractivity contribution in [2.45, 2.75) is 19.0 Å². The van der Waals surface area contributed by atoms with Gasteiger partial charge in [-0.2, -0.15) is 13.2 Å². The number of hydrogen-bond donors (Lipinski definition) is 1. The van der Waals surface area contributed by atoms with Gasteiger partial charge in [0.25, 0.3) is 0 Å². The number of aryl methyl sites for hydroxylation is 1. The van der Waals surface area contributed by atoms with E-state index in [9.17, 15) is 17.6 Å². The summed E-state index contributed by atoms with van der Waals surface area (Å²) in [6.45, 7) is 0.227. The maximum Gasteiger partial charge on any atom is 0.416 e. The van der Waals surface area contributed by atoms with Crippen LogP contribution in [0, 0.1) is 5.82 Å². The monoisotopic (exact) mass is 317 g/mol. The molecule has 19 heavy (non-hydrogen) atoms. The fourth-order valence-corrected chi connectivity index (χ4v) is 1.66. The molecule has 108 valence electrons. The zero-order valence-corrected chi connectivity index (χ0v) is 11.4. The van der Waals surface area contributed by atoms with Gasteiger partial charge in [0, 0.05) is 12.1 Å². The van der Waals surface area contributed by atoms with E-state index in [0.29, 0.717) is 18.1 Å². The minimum absolute atomic E-state index is 0. The van der Waals surface area contributed by atoms with Crippen molar-refractivity contribution >= 4 is 24.0 Å². The van der Waals surface area contributed by atoms with Gasteiger partial charge in [0.15, 0.2) is 0 Å². The van der Waals surface area contributed by atoms with E-state index in [4.69, 9.17) is 17.3 Å². The van der Waals surface area contributed by atoms with E-state index in [2.05, 4.69) is 0 Å². The van der Waals surface area contributed by atoms with Crippen LogP contribution in [-0.2, 0) is 12.6 Å². The van der Waals surface area contributed by atoms with Gasteiger partial charge < -0.3 is 5.73 Å². The van der Waals surface area contributed by atoms with Gasteiger partial charge in [-0.05, 0) is 42.2 Å². The molecule has 0 saturated carbocycles. The zero-order chi connectivity index (χ0) is 13.8. The molecule has 1 aromatic rings. The lowest BCUT2D eigenvalue weighted by Crippen LogP contribution is -2.07. The first-order chi connectivity index (χ1) is 8.36. The molecule has 0 radical (unpaired) electrons. The molecule has 2 N–H and O–H groups in total. The van der Waals surface area contributed by atoms with Crippen molar-refractivity contribution in [3.8, 4) is 0 Å². The van der Waals surface area contributed by atoms with Crippen molar-refractivity contribution in [2.75, 3.05) is 6.54 Å². The Kier molecular flexibility index (Phi) is 7.41. The lowest BCUT2D eigenvalue weighted by molar-refractivity contribution is -0.137. The van der Waals surface area contributed by atoms with Crippen molar-refractivity contribution in [1.29, 1.82) is 0 Å². The number of benzene rings is 1. The number of rotatable bonds is 4. The Balaban J connectivity index is 0.00000324. The predicted molar refractivity (Wildman–Crippen MR) is 70.0 cm³/mol. The second kappa shape index (κ2) is 7.72. The largest absolute Gasteiger partial charge is 0.416 e. The summed E-state index contributed by atoms with van der Waals surface area (Å²) in [6.07, 6.45) is -3.88. The molecule has 0 aliphatic heterocycles. The lowest BCUT2D eigenvalue weighted by Gasteiger charge is -2.10. The first-order valence-corrected chi connectivity index (χ1v) is 5.65. The van der Waals surface area contributed by atoms with Crippen LogP contribution in [0.2, 0.25) is 0 Å². The van der Waals surface area contributed by atoms with E-state index in [1.54, 1.807) is 0 Å². The molecule has 0 atom stereocenters. The Morgan fingerprint density at radius 3 is 2.37 bits per heavy atom. The van der Waals surface area contributed by atoms with Crippen molar-refractivity contribution in [2.24, 2.45) is 5.73 Å². The van der Waals surface area contributed by atoms with Crippen LogP contribution in [-0.4, -0.2) is 6.54 Å². The summed E-state index contributed by atoms with van der Waals surface area (Å²) in [5, 5.41) is 0. The minimum Gasteiger partial charge on any atom is -0.327 e. The summed E-state index contributed by atoms with van der Waals surface area (Å²) < 4.78 is 50.5. The van der Waals surface area contributed by atoms with Crippen molar-refractivity contribution in [3.05, 3.63) is 46.3 Å². The molecule has 0 aromatic heterocycles. The first kappa shape index (κ1) is 18.2. The lowest BCUT2D eigenvalue weighted by atomic mass is 10.0. The fraction of sp³-hybridized carbons (Fsp3) is 0.333. The zero-order valence-electron chi connectivity index (χ0n) is 9.81. The van der Waals surface area contributed by atoms with Gasteiger partial charge in [-0.25, -0.2) is 4.39 Å². The van der Waals surface area contributed by atoms with Gasteiger partial charge in [0.05, 0.1) is 5.56 Å². The summed E-state index contributed by atoms with van der Waals surface area (Å²) >= 11 is 5.47. The standard InChI is InChI=1S/C12H12ClF4N.ClH/c13-6-9(7-18)2-1-8-3-10(12(15,16)17)5-11(14)4-8;/h3-6H,1-2,7,18H2;1H. The highest BCUT2D eigenvalue weighted by molar-refractivity contribution is 6.25. The highest BCUT2D eigenvalue weighted by Gasteiger charge is 2.31. The topological polar surface area (TPSA) is 26.0 Å². The molecule has 0 unspecified atom stereocenters. The molecule has 0 fully saturated rings. The van der Waals surface area contributed by atoms with Crippen LogP contribution in [0.3, 0.4) is 0 Å². The van der Waals surface area contributed by atoms with Crippen molar-refractivity contribution < 1.29 is 17.6 Å². The average molecular weight is 318 g/mol. The van der Waals surface area contributed by atoms with Gasteiger partial charge in [0.1, 0.15) is 5.82 Å². The van der Waals surface area contributed by atoms with Crippen LogP contribution in [0.1, 0.15) is 17.5 Å². The molecule has 1 rings (SSSR count). The third-order valence-electron chi connectivity index (χ3n) is 2.44. The Hall–Kier alpha value is -0.780. The van der Waals surface area contributed by atoms with E-state index in [1.807, 2.05) is 0 Å². The molecule has 1 nitrogen and oxygen atoms in total. The van der Waals surface area contributed by atoms with E-state index >= 15 is 0 Å². The van der Waals surface area contributed by atoms with E-state index < -0.39 is 17.6 Å². The summed E-state index contributed by atoms with van der Waals surface area (Å²) in [6, 6.07) is 2.49. The minimum atomic E-state index is -4.55. The third-order valence-corrected chi connectivity index (χ3v) is 2.74. The summed E-state index contributed by atoms with van der Waals surface area (Å²) in [5.41, 5.74) is 6.65. The van der Waals surface area contributed by atoms with Crippen molar-refractivity contribution in [1.82, 2.24) is 0 Å². The highest BCUT2D eigenvalue weighted by Crippen LogP contribution is 2.30. The molecule has 0 bridgehead atoms. The molecule has 0 amide bonds. The van der Waals surface area contributed by atoms with Crippen LogP contribution < -0.4 is 5.73 Å². The number of hydrogen-bond acceptors (Lipinski definition) is 1. The number of nitrogens with two attached hydrogens (primary N) is 1. The molecular formula is C12H13Cl2F4N. The van der Waals surface area contributed by atoms with Crippen LogP contribution in [0.25, 0.3) is 0 Å². The van der Waals surface area contributed by atoms with Crippen LogP contribution in [0.15, 0.2) is 29.3 Å². The Morgan fingerprint density at radius 1 is 1.26 bits per heavy atom. The van der Waals surface area contributed by atoms with Gasteiger partial charge >= 0.3 is 6.18 Å².